The molecule has 0 saturated carbocycles. The Bertz CT molecular complexity index is 1160. The van der Waals surface area contributed by atoms with Crippen LogP contribution in [0.4, 0.5) is 24.7 Å². The van der Waals surface area contributed by atoms with Gasteiger partial charge in [-0.05, 0) is 35.9 Å². The molecule has 0 saturated heterocycles. The lowest BCUT2D eigenvalue weighted by atomic mass is 10.1. The molecule has 0 unspecified atom stereocenters. The number of pyridine rings is 1. The Balaban J connectivity index is 2.02. The van der Waals surface area contributed by atoms with Crippen molar-refractivity contribution in [2.24, 2.45) is 5.14 Å². The molecule has 3 rings (SSSR count). The van der Waals surface area contributed by atoms with Crippen LogP contribution >= 0.6 is 0 Å². The van der Waals surface area contributed by atoms with Gasteiger partial charge in [0.05, 0.1) is 16.0 Å². The fraction of sp³-hybridized carbons (Fsp3) is 0.211. The molecule has 6 nitrogen and oxygen atoms in total. The minimum Gasteiger partial charge on any atom is -0.380 e. The Kier molecular flexibility index (Phi) is 5.42. The lowest BCUT2D eigenvalue weighted by Crippen LogP contribution is -2.16. The number of nitrogens with zero attached hydrogens (tertiary/aromatic N) is 2. The maximum absolute atomic E-state index is 13.5. The third kappa shape index (κ3) is 4.60. The molecule has 29 heavy (non-hydrogen) atoms. The normalized spacial score (nSPS) is 12.2. The van der Waals surface area contributed by atoms with Gasteiger partial charge >= 0.3 is 6.18 Å². The van der Waals surface area contributed by atoms with Crippen molar-refractivity contribution in [3.05, 3.63) is 59.7 Å². The van der Waals surface area contributed by atoms with Gasteiger partial charge in [0.1, 0.15) is 5.82 Å². The van der Waals surface area contributed by atoms with Gasteiger partial charge in [0.25, 0.3) is 0 Å². The number of nitrogens with two attached hydrogens (primary N) is 1. The number of halogens is 3. The van der Waals surface area contributed by atoms with Crippen molar-refractivity contribution in [3.63, 3.8) is 0 Å². The molecule has 0 atom stereocenters. The molecular weight excluding hydrogens is 405 g/mol. The number of primary sulfonamides is 1. The Morgan fingerprint density at radius 2 is 1.79 bits per heavy atom. The van der Waals surface area contributed by atoms with E-state index in [1.807, 2.05) is 38.4 Å². The fourth-order valence-electron chi connectivity index (χ4n) is 2.89. The van der Waals surface area contributed by atoms with Gasteiger partial charge in [-0.15, -0.1) is 0 Å². The molecule has 3 aromatic rings. The van der Waals surface area contributed by atoms with Crippen LogP contribution in [0.15, 0.2) is 53.4 Å². The molecule has 154 valence electrons. The van der Waals surface area contributed by atoms with E-state index in [1.165, 1.54) is 0 Å². The first-order valence-electron chi connectivity index (χ1n) is 8.51. The number of sulfonamides is 1. The molecular formula is C19H19F3N4O2S. The molecule has 0 amide bonds. The summed E-state index contributed by atoms with van der Waals surface area (Å²) >= 11 is 0. The number of para-hydroxylation sites is 1. The number of benzene rings is 2. The molecule has 0 aliphatic carbocycles. The van der Waals surface area contributed by atoms with Crippen LogP contribution in [0.25, 0.3) is 10.9 Å². The summed E-state index contributed by atoms with van der Waals surface area (Å²) < 4.78 is 63.3. The van der Waals surface area contributed by atoms with Crippen molar-refractivity contribution in [3.8, 4) is 0 Å². The van der Waals surface area contributed by atoms with Crippen molar-refractivity contribution in [2.45, 2.75) is 17.6 Å². The van der Waals surface area contributed by atoms with Gasteiger partial charge in [-0.25, -0.2) is 18.5 Å². The van der Waals surface area contributed by atoms with E-state index in [0.29, 0.717) is 11.9 Å². The molecule has 1 aromatic heterocycles. The Morgan fingerprint density at radius 1 is 1.10 bits per heavy atom. The molecule has 1 heterocycles. The summed E-state index contributed by atoms with van der Waals surface area (Å²) in [6.07, 6.45) is -4.75. The average molecular weight is 424 g/mol. The molecule has 0 bridgehead atoms. The number of rotatable bonds is 5. The van der Waals surface area contributed by atoms with Gasteiger partial charge in [0, 0.05) is 31.7 Å². The monoisotopic (exact) mass is 424 g/mol. The molecule has 2 aromatic carbocycles. The first kappa shape index (κ1) is 20.9. The van der Waals surface area contributed by atoms with Crippen LogP contribution < -0.4 is 15.4 Å². The SMILES string of the molecule is CN(C)c1cc(CNc2ccc(S(N)(=O)=O)cc2C(F)(F)F)c2ccccc2n1. The van der Waals surface area contributed by atoms with Crippen LogP contribution in [0.5, 0.6) is 0 Å². The van der Waals surface area contributed by atoms with Gasteiger partial charge in [-0.3, -0.25) is 0 Å². The van der Waals surface area contributed by atoms with Crippen molar-refractivity contribution in [1.29, 1.82) is 0 Å². The minimum atomic E-state index is -4.75. The number of alkyl halides is 3. The van der Waals surface area contributed by atoms with Crippen LogP contribution in [0, 0.1) is 0 Å². The van der Waals surface area contributed by atoms with E-state index in [4.69, 9.17) is 5.14 Å². The number of fused-ring (bicyclic) bond motifs is 1. The molecule has 0 spiro atoms. The summed E-state index contributed by atoms with van der Waals surface area (Å²) in [5, 5.41) is 8.54. The van der Waals surface area contributed by atoms with Gasteiger partial charge in [-0.2, -0.15) is 13.2 Å². The van der Waals surface area contributed by atoms with Gasteiger partial charge in [-0.1, -0.05) is 18.2 Å². The van der Waals surface area contributed by atoms with Crippen LogP contribution in [-0.4, -0.2) is 27.5 Å². The van der Waals surface area contributed by atoms with E-state index in [2.05, 4.69) is 10.3 Å². The number of hydrogen-bond donors (Lipinski definition) is 2. The quantitative estimate of drug-likeness (QED) is 0.654. The maximum Gasteiger partial charge on any atom is 0.418 e. The van der Waals surface area contributed by atoms with Crippen LogP contribution in [0.1, 0.15) is 11.1 Å². The summed E-state index contributed by atoms with van der Waals surface area (Å²) in [4.78, 5) is 5.73. The molecule has 0 aliphatic heterocycles. The van der Waals surface area contributed by atoms with Crippen molar-refractivity contribution >= 4 is 32.4 Å². The van der Waals surface area contributed by atoms with Crippen molar-refractivity contribution in [2.75, 3.05) is 24.3 Å². The second-order valence-corrected chi connectivity index (χ2v) is 8.22. The molecule has 0 aliphatic rings. The van der Waals surface area contributed by atoms with E-state index >= 15 is 0 Å². The number of hydrogen-bond acceptors (Lipinski definition) is 5. The predicted octanol–water partition coefficient (Wildman–Crippen LogP) is 3.58. The largest absolute Gasteiger partial charge is 0.418 e. The van der Waals surface area contributed by atoms with E-state index in [1.54, 1.807) is 11.0 Å². The van der Waals surface area contributed by atoms with E-state index in [-0.39, 0.29) is 12.2 Å². The standard InChI is InChI=1S/C19H19F3N4O2S/c1-26(2)18-9-12(14-5-3-4-6-16(14)25-18)11-24-17-8-7-13(29(23,27)28)10-15(17)19(20,21)22/h3-10,24H,11H2,1-2H3,(H2,23,27,28). The minimum absolute atomic E-state index is 0.0850. The summed E-state index contributed by atoms with van der Waals surface area (Å²) in [6.45, 7) is 0.0850. The Hall–Kier alpha value is -2.85. The van der Waals surface area contributed by atoms with Gasteiger partial charge < -0.3 is 10.2 Å². The Labute approximate surface area is 166 Å². The molecule has 0 radical (unpaired) electrons. The van der Waals surface area contributed by atoms with Crippen molar-refractivity contribution in [1.82, 2.24) is 4.98 Å². The molecule has 3 N–H and O–H groups in total. The highest BCUT2D eigenvalue weighted by molar-refractivity contribution is 7.89. The fourth-order valence-corrected chi connectivity index (χ4v) is 3.43. The predicted molar refractivity (Wildman–Crippen MR) is 106 cm³/mol. The Morgan fingerprint density at radius 3 is 2.41 bits per heavy atom. The highest BCUT2D eigenvalue weighted by Gasteiger charge is 2.34. The molecule has 10 heteroatoms. The van der Waals surface area contributed by atoms with E-state index in [9.17, 15) is 21.6 Å². The average Bonchev–Trinajstić information content (AvgIpc) is 2.64. The summed E-state index contributed by atoms with van der Waals surface area (Å²) in [5.74, 6) is 0.668. The smallest absolute Gasteiger partial charge is 0.380 e. The lowest BCUT2D eigenvalue weighted by molar-refractivity contribution is -0.137. The second kappa shape index (κ2) is 7.53. The van der Waals surface area contributed by atoms with Crippen molar-refractivity contribution < 1.29 is 21.6 Å². The zero-order chi connectivity index (χ0) is 21.4. The van der Waals surface area contributed by atoms with E-state index in [0.717, 1.165) is 28.6 Å². The van der Waals surface area contributed by atoms with Crippen LogP contribution in [-0.2, 0) is 22.7 Å². The maximum atomic E-state index is 13.5. The van der Waals surface area contributed by atoms with Crippen LogP contribution in [0.2, 0.25) is 0 Å². The topological polar surface area (TPSA) is 88.3 Å². The lowest BCUT2D eigenvalue weighted by Gasteiger charge is -2.18. The highest BCUT2D eigenvalue weighted by Crippen LogP contribution is 2.36. The summed E-state index contributed by atoms with van der Waals surface area (Å²) in [7, 11) is -0.612. The number of aromatic nitrogens is 1. The highest BCUT2D eigenvalue weighted by atomic mass is 32.2. The third-order valence-corrected chi connectivity index (χ3v) is 5.25. The summed E-state index contributed by atoms with van der Waals surface area (Å²) in [5.41, 5.74) is 0.131. The van der Waals surface area contributed by atoms with Gasteiger partial charge in [0.2, 0.25) is 10.0 Å². The number of nitrogens with one attached hydrogen (secondary N) is 1. The first-order valence-corrected chi connectivity index (χ1v) is 10.1. The number of anilines is 2. The molecule has 0 fully saturated rings. The second-order valence-electron chi connectivity index (χ2n) is 6.65. The zero-order valence-corrected chi connectivity index (χ0v) is 16.5. The third-order valence-electron chi connectivity index (χ3n) is 4.34. The first-order chi connectivity index (χ1) is 13.5. The summed E-state index contributed by atoms with van der Waals surface area (Å²) in [6, 6.07) is 11.8. The zero-order valence-electron chi connectivity index (χ0n) is 15.7. The van der Waals surface area contributed by atoms with Crippen LogP contribution in [0.3, 0.4) is 0 Å². The van der Waals surface area contributed by atoms with Gasteiger partial charge in [0.15, 0.2) is 0 Å². The van der Waals surface area contributed by atoms with E-state index < -0.39 is 26.7 Å².